The second kappa shape index (κ2) is 11.3. The molecule has 2 N–H and O–H groups in total. The molecule has 3 atom stereocenters. The summed E-state index contributed by atoms with van der Waals surface area (Å²) >= 11 is 6.02. The van der Waals surface area contributed by atoms with Gasteiger partial charge in [0.1, 0.15) is 5.75 Å². The maximum Gasteiger partial charge on any atom is 0.344 e. The molecule has 0 spiro atoms. The Morgan fingerprint density at radius 2 is 2.20 bits per heavy atom. The van der Waals surface area contributed by atoms with E-state index in [1.165, 1.54) is 0 Å². The molecule has 162 valence electrons. The molecule has 0 amide bonds. The van der Waals surface area contributed by atoms with Crippen molar-refractivity contribution in [2.75, 3.05) is 19.7 Å². The van der Waals surface area contributed by atoms with Crippen molar-refractivity contribution in [3.05, 3.63) is 64.7 Å². The van der Waals surface area contributed by atoms with Gasteiger partial charge in [-0.2, -0.15) is 0 Å². The first-order chi connectivity index (χ1) is 16.4. The van der Waals surface area contributed by atoms with Gasteiger partial charge in [-0.1, -0.05) is 42.3 Å². The van der Waals surface area contributed by atoms with Gasteiger partial charge in [0.15, 0.2) is 6.61 Å². The quantitative estimate of drug-likeness (QED) is 0.561. The number of aliphatic hydroxyl groups is 1. The summed E-state index contributed by atoms with van der Waals surface area (Å²) in [5.41, 5.74) is 1.82. The van der Waals surface area contributed by atoms with Crippen LogP contribution in [-0.2, 0) is 9.53 Å². The van der Waals surface area contributed by atoms with Crippen molar-refractivity contribution in [2.45, 2.75) is 50.6 Å². The molecule has 1 aliphatic carbocycles. The molecule has 0 saturated heterocycles. The highest BCUT2D eigenvalue weighted by molar-refractivity contribution is 6.30. The van der Waals surface area contributed by atoms with Crippen LogP contribution < -0.4 is 10.1 Å². The Hall–Kier alpha value is -2.08. The first-order valence-corrected chi connectivity index (χ1v) is 10.4. The van der Waals surface area contributed by atoms with Crippen LogP contribution in [0.4, 0.5) is 0 Å². The molecule has 2 aromatic carbocycles. The number of nitrogens with one attached hydrogen (secondary N) is 1. The summed E-state index contributed by atoms with van der Waals surface area (Å²) in [6.45, 7) is -6.35. The summed E-state index contributed by atoms with van der Waals surface area (Å²) in [6.07, 6.45) is 3.26. The van der Waals surface area contributed by atoms with Crippen LogP contribution >= 0.6 is 11.6 Å². The largest absolute Gasteiger partial charge is 0.482 e. The molecular formula is C24H30ClNO4. The van der Waals surface area contributed by atoms with E-state index in [1.54, 1.807) is 18.2 Å². The molecule has 3 rings (SSSR count). The molecule has 5 nitrogen and oxygen atoms in total. The molecule has 0 unspecified atom stereocenters. The van der Waals surface area contributed by atoms with Crippen LogP contribution in [0.1, 0.15) is 62.5 Å². The number of halogens is 1. The lowest BCUT2D eigenvalue weighted by Crippen LogP contribution is -2.36. The van der Waals surface area contributed by atoms with Crippen LogP contribution in [0.5, 0.6) is 5.75 Å². The normalized spacial score (nSPS) is 23.2. The monoisotopic (exact) mass is 436 g/mol. The summed E-state index contributed by atoms with van der Waals surface area (Å²) in [5.74, 6) is -0.415. The van der Waals surface area contributed by atoms with E-state index in [9.17, 15) is 9.90 Å². The number of hydrogen-bond donors (Lipinski definition) is 2. The highest BCUT2D eigenvalue weighted by atomic mass is 35.5. The van der Waals surface area contributed by atoms with Crippen molar-refractivity contribution in [1.29, 1.82) is 0 Å². The number of esters is 1. The van der Waals surface area contributed by atoms with E-state index in [1.807, 2.05) is 30.3 Å². The van der Waals surface area contributed by atoms with Crippen LogP contribution in [-0.4, -0.2) is 36.8 Å². The lowest BCUT2D eigenvalue weighted by atomic mass is 9.81. The highest BCUT2D eigenvalue weighted by Crippen LogP contribution is 2.34. The molecule has 1 aliphatic rings. The molecule has 0 bridgehead atoms. The van der Waals surface area contributed by atoms with Gasteiger partial charge in [-0.15, -0.1) is 0 Å². The number of carbonyl (C=O) groups excluding carboxylic acids is 1. The number of benzene rings is 2. The second-order valence-electron chi connectivity index (χ2n) is 7.48. The predicted molar refractivity (Wildman–Crippen MR) is 118 cm³/mol. The fourth-order valence-corrected chi connectivity index (χ4v) is 4.07. The third kappa shape index (κ3) is 6.73. The summed E-state index contributed by atoms with van der Waals surface area (Å²) in [5, 5.41) is 14.5. The van der Waals surface area contributed by atoms with E-state index in [0.717, 1.165) is 36.8 Å². The van der Waals surface area contributed by atoms with Crippen molar-refractivity contribution in [1.82, 2.24) is 5.32 Å². The number of aliphatic hydroxyl groups excluding tert-OH is 1. The van der Waals surface area contributed by atoms with E-state index < -0.39 is 32.1 Å². The smallest absolute Gasteiger partial charge is 0.344 e. The highest BCUT2D eigenvalue weighted by Gasteiger charge is 2.24. The molecule has 2 aromatic rings. The van der Waals surface area contributed by atoms with Crippen molar-refractivity contribution in [3.63, 3.8) is 0 Å². The van der Waals surface area contributed by atoms with E-state index in [0.29, 0.717) is 17.3 Å². The first-order valence-electron chi connectivity index (χ1n) is 12.6. The molecule has 0 heterocycles. The second-order valence-corrected chi connectivity index (χ2v) is 7.91. The minimum atomic E-state index is -3.08. The van der Waals surface area contributed by atoms with Crippen LogP contribution in [0.25, 0.3) is 0 Å². The van der Waals surface area contributed by atoms with E-state index >= 15 is 0 Å². The lowest BCUT2D eigenvalue weighted by molar-refractivity contribution is -0.145. The van der Waals surface area contributed by atoms with Crippen LogP contribution in [0.3, 0.4) is 0 Å². The molecule has 0 aliphatic heterocycles. The van der Waals surface area contributed by atoms with Crippen molar-refractivity contribution >= 4 is 17.6 Å². The Morgan fingerprint density at radius 1 is 1.33 bits per heavy atom. The standard InChI is InChI=1S/C24H30ClNO4/c1-2-29-24(28)16-30-22-11-5-7-18(14-22)17-6-4-10-21(13-17)26-15-23(27)19-8-3-9-20(25)12-19/h3,5,7-9,11-12,14,17,21,23,26-27H,2,4,6,10,13,15-16H2,1H3/t17-,21-,23+/m1/s1/i1D3,2D2. The Bertz CT molecular complexity index is 1000. The third-order valence-electron chi connectivity index (χ3n) is 5.36. The van der Waals surface area contributed by atoms with Crippen LogP contribution in [0.2, 0.25) is 5.02 Å². The zero-order valence-corrected chi connectivity index (χ0v) is 17.4. The minimum absolute atomic E-state index is 0.240. The van der Waals surface area contributed by atoms with Gasteiger partial charge in [-0.05, 0) is 67.4 Å². The Labute approximate surface area is 190 Å². The number of carbonyl (C=O) groups is 1. The maximum absolute atomic E-state index is 11.9. The molecule has 1 fully saturated rings. The zero-order chi connectivity index (χ0) is 25.6. The number of rotatable bonds is 9. The summed E-state index contributed by atoms with van der Waals surface area (Å²) in [4.78, 5) is 11.9. The topological polar surface area (TPSA) is 67.8 Å². The van der Waals surface area contributed by atoms with E-state index in [-0.39, 0.29) is 12.0 Å². The molecular weight excluding hydrogens is 402 g/mol. The van der Waals surface area contributed by atoms with Gasteiger partial charge < -0.3 is 19.9 Å². The van der Waals surface area contributed by atoms with Crippen molar-refractivity contribution in [3.8, 4) is 5.75 Å². The molecule has 0 radical (unpaired) electrons. The van der Waals surface area contributed by atoms with Gasteiger partial charge >= 0.3 is 5.97 Å². The van der Waals surface area contributed by atoms with Gasteiger partial charge in [0.2, 0.25) is 0 Å². The van der Waals surface area contributed by atoms with E-state index in [2.05, 4.69) is 10.1 Å². The Morgan fingerprint density at radius 3 is 3.03 bits per heavy atom. The summed E-state index contributed by atoms with van der Waals surface area (Å²) < 4.78 is 45.9. The van der Waals surface area contributed by atoms with Gasteiger partial charge in [0, 0.05) is 21.7 Å². The molecule has 0 aromatic heterocycles. The fraction of sp³-hybridized carbons (Fsp3) is 0.458. The Kier molecular flexibility index (Phi) is 6.28. The predicted octanol–water partition coefficient (Wildman–Crippen LogP) is 4.63. The molecule has 6 heteroatoms. The third-order valence-corrected chi connectivity index (χ3v) is 5.59. The van der Waals surface area contributed by atoms with Crippen molar-refractivity contribution < 1.29 is 26.2 Å². The molecule has 1 saturated carbocycles. The van der Waals surface area contributed by atoms with Gasteiger partial charge in [0.25, 0.3) is 0 Å². The van der Waals surface area contributed by atoms with Gasteiger partial charge in [-0.3, -0.25) is 0 Å². The average molecular weight is 437 g/mol. The average Bonchev–Trinajstić information content (AvgIpc) is 2.80. The Balaban J connectivity index is 1.52. The number of ether oxygens (including phenoxy) is 2. The summed E-state index contributed by atoms with van der Waals surface area (Å²) in [7, 11) is 0. The number of hydrogen-bond acceptors (Lipinski definition) is 5. The minimum Gasteiger partial charge on any atom is -0.482 e. The zero-order valence-electron chi connectivity index (χ0n) is 21.6. The van der Waals surface area contributed by atoms with Crippen LogP contribution in [0, 0.1) is 0 Å². The van der Waals surface area contributed by atoms with E-state index in [4.69, 9.17) is 23.2 Å². The van der Waals surface area contributed by atoms with Crippen molar-refractivity contribution in [2.24, 2.45) is 0 Å². The van der Waals surface area contributed by atoms with Gasteiger partial charge in [0.05, 0.1) is 15.4 Å². The van der Waals surface area contributed by atoms with Crippen LogP contribution in [0.15, 0.2) is 48.5 Å². The maximum atomic E-state index is 11.9. The molecule has 30 heavy (non-hydrogen) atoms. The van der Waals surface area contributed by atoms with Gasteiger partial charge in [-0.25, -0.2) is 4.79 Å². The lowest BCUT2D eigenvalue weighted by Gasteiger charge is -2.31. The fourth-order valence-electron chi connectivity index (χ4n) is 3.87. The first kappa shape index (κ1) is 16.6. The SMILES string of the molecule is [2H]C([2H])([2H])C([2H])([2H])OC(=O)COc1cccc([C@@H]2CCC[C@@H](NC[C@H](O)c3cccc(Cl)c3)C2)c1. The summed E-state index contributed by atoms with van der Waals surface area (Å²) in [6, 6.07) is 14.8.